The van der Waals surface area contributed by atoms with Crippen molar-refractivity contribution in [1.82, 2.24) is 10.2 Å². The standard InChI is InChI=1S/C10H16ClN3O2/c1-7-6-15-8(2)5-14(7)10-13-12-9(16-10)3-4-11/h7-8H,3-6H2,1-2H3. The third-order valence-electron chi connectivity index (χ3n) is 2.62. The zero-order chi connectivity index (χ0) is 11.5. The van der Waals surface area contributed by atoms with Gasteiger partial charge in [0.2, 0.25) is 5.89 Å². The van der Waals surface area contributed by atoms with Crippen molar-refractivity contribution in [3.8, 4) is 0 Å². The second-order valence-electron chi connectivity index (χ2n) is 4.06. The van der Waals surface area contributed by atoms with Crippen LogP contribution in [0.15, 0.2) is 4.42 Å². The molecule has 1 aromatic rings. The molecule has 1 saturated heterocycles. The van der Waals surface area contributed by atoms with Gasteiger partial charge in [0.1, 0.15) is 0 Å². The molecule has 0 spiro atoms. The number of rotatable bonds is 3. The number of alkyl halides is 1. The van der Waals surface area contributed by atoms with E-state index in [2.05, 4.69) is 22.0 Å². The number of hydrogen-bond donors (Lipinski definition) is 0. The molecule has 2 rings (SSSR count). The van der Waals surface area contributed by atoms with E-state index >= 15 is 0 Å². The van der Waals surface area contributed by atoms with Crippen molar-refractivity contribution in [1.29, 1.82) is 0 Å². The van der Waals surface area contributed by atoms with Gasteiger partial charge in [0.25, 0.3) is 0 Å². The summed E-state index contributed by atoms with van der Waals surface area (Å²) in [6.07, 6.45) is 0.808. The number of hydrogen-bond acceptors (Lipinski definition) is 5. The van der Waals surface area contributed by atoms with Crippen molar-refractivity contribution in [2.45, 2.75) is 32.4 Å². The van der Waals surface area contributed by atoms with Gasteiger partial charge in [0.05, 0.1) is 18.8 Å². The number of nitrogens with zero attached hydrogens (tertiary/aromatic N) is 3. The average Bonchev–Trinajstić information content (AvgIpc) is 2.71. The Bertz CT molecular complexity index is 345. The highest BCUT2D eigenvalue weighted by Gasteiger charge is 2.27. The van der Waals surface area contributed by atoms with Gasteiger partial charge in [0.15, 0.2) is 0 Å². The molecule has 1 aromatic heterocycles. The van der Waals surface area contributed by atoms with Crippen LogP contribution in [-0.2, 0) is 11.2 Å². The second kappa shape index (κ2) is 5.01. The first-order chi connectivity index (χ1) is 7.70. The summed E-state index contributed by atoms with van der Waals surface area (Å²) in [5.41, 5.74) is 0. The van der Waals surface area contributed by atoms with Crippen LogP contribution in [0.3, 0.4) is 0 Å². The van der Waals surface area contributed by atoms with Crippen LogP contribution >= 0.6 is 11.6 Å². The topological polar surface area (TPSA) is 51.4 Å². The van der Waals surface area contributed by atoms with Crippen LogP contribution in [0.1, 0.15) is 19.7 Å². The summed E-state index contributed by atoms with van der Waals surface area (Å²) in [6, 6.07) is 0.836. The van der Waals surface area contributed by atoms with E-state index in [4.69, 9.17) is 20.8 Å². The summed E-state index contributed by atoms with van der Waals surface area (Å²) >= 11 is 5.62. The number of aromatic nitrogens is 2. The molecule has 0 amide bonds. The van der Waals surface area contributed by atoms with Gasteiger partial charge >= 0.3 is 6.01 Å². The lowest BCUT2D eigenvalue weighted by Gasteiger charge is -2.35. The molecule has 0 aromatic carbocycles. The Labute approximate surface area is 99.7 Å². The summed E-state index contributed by atoms with van der Waals surface area (Å²) in [7, 11) is 0. The molecule has 1 aliphatic rings. The van der Waals surface area contributed by atoms with Gasteiger partial charge in [-0.1, -0.05) is 5.10 Å². The fraction of sp³-hybridized carbons (Fsp3) is 0.800. The van der Waals surface area contributed by atoms with E-state index < -0.39 is 0 Å². The molecule has 6 heteroatoms. The minimum Gasteiger partial charge on any atom is -0.408 e. The highest BCUT2D eigenvalue weighted by molar-refractivity contribution is 6.17. The Morgan fingerprint density at radius 2 is 2.25 bits per heavy atom. The Balaban J connectivity index is 2.08. The van der Waals surface area contributed by atoms with E-state index in [0.29, 0.717) is 30.8 Å². The fourth-order valence-corrected chi connectivity index (χ4v) is 1.87. The molecule has 0 saturated carbocycles. The van der Waals surface area contributed by atoms with E-state index in [0.717, 1.165) is 6.54 Å². The summed E-state index contributed by atoms with van der Waals surface area (Å²) < 4.78 is 11.1. The summed E-state index contributed by atoms with van der Waals surface area (Å²) in [4.78, 5) is 2.08. The molecule has 5 nitrogen and oxygen atoms in total. The van der Waals surface area contributed by atoms with Crippen molar-refractivity contribution >= 4 is 17.6 Å². The lowest BCUT2D eigenvalue weighted by atomic mass is 10.2. The first kappa shape index (κ1) is 11.7. The minimum absolute atomic E-state index is 0.194. The summed E-state index contributed by atoms with van der Waals surface area (Å²) in [6.45, 7) is 5.59. The molecule has 0 bridgehead atoms. The predicted molar refractivity (Wildman–Crippen MR) is 60.9 cm³/mol. The Kier molecular flexibility index (Phi) is 3.66. The predicted octanol–water partition coefficient (Wildman–Crippen LogP) is 1.46. The molecule has 2 heterocycles. The van der Waals surface area contributed by atoms with Gasteiger partial charge in [0, 0.05) is 18.8 Å². The zero-order valence-corrected chi connectivity index (χ0v) is 10.3. The molecule has 2 unspecified atom stereocenters. The van der Waals surface area contributed by atoms with E-state index in [9.17, 15) is 0 Å². The molecule has 90 valence electrons. The average molecular weight is 246 g/mol. The van der Waals surface area contributed by atoms with E-state index in [1.54, 1.807) is 0 Å². The minimum atomic E-state index is 0.194. The first-order valence-electron chi connectivity index (χ1n) is 5.47. The van der Waals surface area contributed by atoms with E-state index in [-0.39, 0.29) is 12.1 Å². The van der Waals surface area contributed by atoms with Gasteiger partial charge in [-0.3, -0.25) is 0 Å². The van der Waals surface area contributed by atoms with Gasteiger partial charge in [-0.2, -0.15) is 0 Å². The SMILES string of the molecule is CC1CN(c2nnc(CCCl)o2)C(C)CO1. The third-order valence-corrected chi connectivity index (χ3v) is 2.81. The zero-order valence-electron chi connectivity index (χ0n) is 9.52. The van der Waals surface area contributed by atoms with E-state index in [1.165, 1.54) is 0 Å². The van der Waals surface area contributed by atoms with Crippen LogP contribution in [0.4, 0.5) is 6.01 Å². The Hall–Kier alpha value is -0.810. The van der Waals surface area contributed by atoms with Crippen molar-refractivity contribution < 1.29 is 9.15 Å². The van der Waals surface area contributed by atoms with Gasteiger partial charge in [-0.15, -0.1) is 16.7 Å². The molecule has 2 atom stereocenters. The highest BCUT2D eigenvalue weighted by atomic mass is 35.5. The summed E-state index contributed by atoms with van der Waals surface area (Å²) in [5, 5.41) is 8.00. The molecule has 0 aliphatic carbocycles. The quantitative estimate of drug-likeness (QED) is 0.755. The third kappa shape index (κ3) is 2.47. The van der Waals surface area contributed by atoms with E-state index in [1.807, 2.05) is 6.92 Å². The second-order valence-corrected chi connectivity index (χ2v) is 4.44. The molecular weight excluding hydrogens is 230 g/mol. The molecule has 16 heavy (non-hydrogen) atoms. The maximum atomic E-state index is 5.62. The number of anilines is 1. The maximum absolute atomic E-state index is 5.62. The first-order valence-corrected chi connectivity index (χ1v) is 6.00. The molecule has 1 aliphatic heterocycles. The van der Waals surface area contributed by atoms with Crippen molar-refractivity contribution in [2.24, 2.45) is 0 Å². The Morgan fingerprint density at radius 3 is 3.00 bits per heavy atom. The summed E-state index contributed by atoms with van der Waals surface area (Å²) in [5.74, 6) is 1.09. The van der Waals surface area contributed by atoms with Gasteiger partial charge in [-0.05, 0) is 13.8 Å². The van der Waals surface area contributed by atoms with Crippen molar-refractivity contribution in [3.05, 3.63) is 5.89 Å². The smallest absolute Gasteiger partial charge is 0.318 e. The number of ether oxygens (including phenoxy) is 1. The lowest BCUT2D eigenvalue weighted by Crippen LogP contribution is -2.47. The van der Waals surface area contributed by atoms with Crippen LogP contribution in [0.25, 0.3) is 0 Å². The number of aryl methyl sites for hydroxylation is 1. The fourth-order valence-electron chi connectivity index (χ4n) is 1.71. The normalized spacial score (nSPS) is 26.1. The number of halogens is 1. The van der Waals surface area contributed by atoms with Crippen molar-refractivity contribution in [2.75, 3.05) is 23.9 Å². The number of morpholine rings is 1. The molecule has 0 N–H and O–H groups in total. The lowest BCUT2D eigenvalue weighted by molar-refractivity contribution is 0.0322. The Morgan fingerprint density at radius 1 is 1.44 bits per heavy atom. The maximum Gasteiger partial charge on any atom is 0.318 e. The monoisotopic (exact) mass is 245 g/mol. The molecule has 1 fully saturated rings. The van der Waals surface area contributed by atoms with Gasteiger partial charge < -0.3 is 14.1 Å². The molecular formula is C10H16ClN3O2. The van der Waals surface area contributed by atoms with Gasteiger partial charge in [-0.25, -0.2) is 0 Å². The van der Waals surface area contributed by atoms with Crippen LogP contribution in [0.5, 0.6) is 0 Å². The largest absolute Gasteiger partial charge is 0.408 e. The highest BCUT2D eigenvalue weighted by Crippen LogP contribution is 2.20. The van der Waals surface area contributed by atoms with Crippen LogP contribution < -0.4 is 4.90 Å². The van der Waals surface area contributed by atoms with Crippen LogP contribution in [-0.4, -0.2) is 41.4 Å². The van der Waals surface area contributed by atoms with Crippen LogP contribution in [0.2, 0.25) is 0 Å². The van der Waals surface area contributed by atoms with Crippen molar-refractivity contribution in [3.63, 3.8) is 0 Å². The molecule has 0 radical (unpaired) electrons. The van der Waals surface area contributed by atoms with Crippen LogP contribution in [0, 0.1) is 0 Å².